The number of methoxy groups -OCH3 is 1. The van der Waals surface area contributed by atoms with E-state index in [1.165, 1.54) is 4.90 Å². The van der Waals surface area contributed by atoms with E-state index in [1.807, 2.05) is 25.1 Å². The zero-order valence-corrected chi connectivity index (χ0v) is 20.1. The maximum Gasteiger partial charge on any atom is 0.295 e. The Bertz CT molecular complexity index is 1240. The Balaban J connectivity index is 1.61. The van der Waals surface area contributed by atoms with Gasteiger partial charge in [0.05, 0.1) is 5.57 Å². The predicted octanol–water partition coefficient (Wildman–Crippen LogP) is 4.93. The number of hydrogen-bond donors (Lipinski definition) is 1. The number of carbonyl (C=O) groups is 2. The third-order valence-electron chi connectivity index (χ3n) is 5.93. The molecule has 1 fully saturated rings. The van der Waals surface area contributed by atoms with E-state index in [9.17, 15) is 14.7 Å². The molecule has 0 aliphatic carbocycles. The number of aliphatic hydroxyl groups excluding tert-OH is 1. The fourth-order valence-corrected chi connectivity index (χ4v) is 4.22. The molecule has 1 saturated heterocycles. The topological polar surface area (TPSA) is 89.2 Å². The molecule has 0 saturated carbocycles. The summed E-state index contributed by atoms with van der Waals surface area (Å²) in [4.78, 5) is 27.3. The maximum absolute atomic E-state index is 13.0. The van der Waals surface area contributed by atoms with Crippen LogP contribution in [0.2, 0.25) is 0 Å². The van der Waals surface area contributed by atoms with E-state index in [-0.39, 0.29) is 11.3 Å². The molecule has 0 unspecified atom stereocenters. The summed E-state index contributed by atoms with van der Waals surface area (Å²) in [6.45, 7) is 4.97. The fourth-order valence-electron chi connectivity index (χ4n) is 4.22. The van der Waals surface area contributed by atoms with Crippen LogP contribution < -0.4 is 4.74 Å². The summed E-state index contributed by atoms with van der Waals surface area (Å²) in [6, 6.07) is 17.5. The third kappa shape index (κ3) is 5.30. The summed E-state index contributed by atoms with van der Waals surface area (Å²) in [5.41, 5.74) is 2.64. The molecule has 1 N–H and O–H groups in total. The fraction of sp³-hybridized carbons (Fsp3) is 0.286. The predicted molar refractivity (Wildman–Crippen MR) is 131 cm³/mol. The lowest BCUT2D eigenvalue weighted by atomic mass is 9.99. The summed E-state index contributed by atoms with van der Waals surface area (Å²) >= 11 is 0. The first-order valence-corrected chi connectivity index (χ1v) is 11.5. The van der Waals surface area contributed by atoms with Gasteiger partial charge in [0.25, 0.3) is 11.7 Å². The van der Waals surface area contributed by atoms with Crippen molar-refractivity contribution in [1.82, 2.24) is 4.90 Å². The highest BCUT2D eigenvalue weighted by molar-refractivity contribution is 6.46. The largest absolute Gasteiger partial charge is 0.507 e. The second-order valence-electron chi connectivity index (χ2n) is 8.59. The zero-order valence-electron chi connectivity index (χ0n) is 20.1. The maximum atomic E-state index is 13.0. The Morgan fingerprint density at radius 3 is 2.49 bits per heavy atom. The van der Waals surface area contributed by atoms with Crippen LogP contribution in [0, 0.1) is 13.8 Å². The standard InChI is InChI=1S/C28H29NO6/c1-18-6-4-7-20(16-18)17-34-22-11-9-21(10-12-22)26(30)24-25(23-13-8-19(2)35-23)29(14-5-15-33-3)28(32)27(24)31/h4,6-13,16,25,30H,5,14-15,17H2,1-3H3/b26-24+/t25-/m1/s1. The second-order valence-corrected chi connectivity index (χ2v) is 8.59. The first-order chi connectivity index (χ1) is 16.9. The number of nitrogens with zero attached hydrogens (tertiary/aromatic N) is 1. The number of hydrogen-bond acceptors (Lipinski definition) is 6. The molecular formula is C28H29NO6. The Kier molecular flexibility index (Phi) is 7.36. The molecule has 2 aromatic carbocycles. The summed E-state index contributed by atoms with van der Waals surface area (Å²) in [5, 5.41) is 11.1. The highest BCUT2D eigenvalue weighted by atomic mass is 16.5. The van der Waals surface area contributed by atoms with Gasteiger partial charge in [0.15, 0.2) is 0 Å². The third-order valence-corrected chi connectivity index (χ3v) is 5.93. The van der Waals surface area contributed by atoms with Crippen LogP contribution in [0.1, 0.15) is 40.7 Å². The van der Waals surface area contributed by atoms with Gasteiger partial charge in [0, 0.05) is 25.8 Å². The van der Waals surface area contributed by atoms with E-state index in [0.29, 0.717) is 49.0 Å². The number of ether oxygens (including phenoxy) is 2. The lowest BCUT2D eigenvalue weighted by Gasteiger charge is -2.23. The number of ketones is 1. The molecule has 0 spiro atoms. The van der Waals surface area contributed by atoms with Gasteiger partial charge in [-0.15, -0.1) is 0 Å². The van der Waals surface area contributed by atoms with Crippen molar-refractivity contribution in [2.24, 2.45) is 0 Å². The van der Waals surface area contributed by atoms with Gasteiger partial charge in [-0.05, 0) is 62.2 Å². The number of Topliss-reactive ketones (excluding diaryl/α,β-unsaturated/α-hetero) is 1. The van der Waals surface area contributed by atoms with Crippen LogP contribution in [0.25, 0.3) is 5.76 Å². The highest BCUT2D eigenvalue weighted by Gasteiger charge is 2.47. The molecule has 0 radical (unpaired) electrons. The average Bonchev–Trinajstić information content (AvgIpc) is 3.39. The van der Waals surface area contributed by atoms with Crippen molar-refractivity contribution in [2.75, 3.05) is 20.3 Å². The van der Waals surface area contributed by atoms with Crippen molar-refractivity contribution in [3.8, 4) is 5.75 Å². The van der Waals surface area contributed by atoms with E-state index in [2.05, 4.69) is 6.07 Å². The van der Waals surface area contributed by atoms with Crippen LogP contribution in [0.15, 0.2) is 70.7 Å². The monoisotopic (exact) mass is 475 g/mol. The van der Waals surface area contributed by atoms with Gasteiger partial charge in [-0.25, -0.2) is 0 Å². The summed E-state index contributed by atoms with van der Waals surface area (Å²) in [7, 11) is 1.58. The van der Waals surface area contributed by atoms with Crippen LogP contribution in [0.4, 0.5) is 0 Å². The average molecular weight is 476 g/mol. The van der Waals surface area contributed by atoms with Crippen LogP contribution in [0.5, 0.6) is 5.75 Å². The van der Waals surface area contributed by atoms with Gasteiger partial charge in [0.2, 0.25) is 0 Å². The molecule has 7 heteroatoms. The molecule has 35 heavy (non-hydrogen) atoms. The number of aliphatic hydroxyl groups is 1. The van der Waals surface area contributed by atoms with Crippen LogP contribution >= 0.6 is 0 Å². The number of furan rings is 1. The minimum Gasteiger partial charge on any atom is -0.507 e. The quantitative estimate of drug-likeness (QED) is 0.204. The van der Waals surface area contributed by atoms with Crippen molar-refractivity contribution in [1.29, 1.82) is 0 Å². The number of aryl methyl sites for hydroxylation is 2. The molecule has 1 amide bonds. The van der Waals surface area contributed by atoms with Gasteiger partial charge in [-0.3, -0.25) is 9.59 Å². The molecule has 0 bridgehead atoms. The molecule has 1 atom stereocenters. The van der Waals surface area contributed by atoms with Gasteiger partial charge >= 0.3 is 0 Å². The van der Waals surface area contributed by atoms with Crippen LogP contribution in [-0.4, -0.2) is 42.0 Å². The van der Waals surface area contributed by atoms with E-state index in [0.717, 1.165) is 11.1 Å². The van der Waals surface area contributed by atoms with E-state index < -0.39 is 17.7 Å². The van der Waals surface area contributed by atoms with E-state index >= 15 is 0 Å². The molecule has 3 aromatic rings. The molecule has 4 rings (SSSR count). The van der Waals surface area contributed by atoms with Crippen molar-refractivity contribution >= 4 is 17.4 Å². The molecule has 1 aliphatic heterocycles. The summed E-state index contributed by atoms with van der Waals surface area (Å²) in [6.07, 6.45) is 0.548. The summed E-state index contributed by atoms with van der Waals surface area (Å²) < 4.78 is 16.7. The van der Waals surface area contributed by atoms with Crippen molar-refractivity contribution in [3.63, 3.8) is 0 Å². The minimum absolute atomic E-state index is 0.00944. The second kappa shape index (κ2) is 10.6. The van der Waals surface area contributed by atoms with Crippen molar-refractivity contribution in [2.45, 2.75) is 32.9 Å². The minimum atomic E-state index is -0.808. The Morgan fingerprint density at radius 1 is 1.06 bits per heavy atom. The first-order valence-electron chi connectivity index (χ1n) is 11.5. The zero-order chi connectivity index (χ0) is 24.9. The lowest BCUT2D eigenvalue weighted by Crippen LogP contribution is -2.31. The Morgan fingerprint density at radius 2 is 1.83 bits per heavy atom. The molecule has 1 aromatic heterocycles. The number of likely N-dealkylation sites (tertiary alicyclic amines) is 1. The van der Waals surface area contributed by atoms with Crippen LogP contribution in [0.3, 0.4) is 0 Å². The normalized spacial score (nSPS) is 17.2. The van der Waals surface area contributed by atoms with Crippen molar-refractivity contribution < 1.29 is 28.6 Å². The Hall–Kier alpha value is -3.84. The van der Waals surface area contributed by atoms with E-state index in [4.69, 9.17) is 13.9 Å². The molecule has 2 heterocycles. The van der Waals surface area contributed by atoms with Crippen LogP contribution in [-0.2, 0) is 20.9 Å². The number of benzene rings is 2. The van der Waals surface area contributed by atoms with Gasteiger partial charge in [-0.1, -0.05) is 29.8 Å². The van der Waals surface area contributed by atoms with Crippen molar-refractivity contribution in [3.05, 3.63) is 94.4 Å². The lowest BCUT2D eigenvalue weighted by molar-refractivity contribution is -0.140. The highest BCUT2D eigenvalue weighted by Crippen LogP contribution is 2.40. The van der Waals surface area contributed by atoms with E-state index in [1.54, 1.807) is 50.4 Å². The molecule has 1 aliphatic rings. The first kappa shape index (κ1) is 24.3. The number of rotatable bonds is 9. The number of carbonyl (C=O) groups excluding carboxylic acids is 2. The van der Waals surface area contributed by atoms with Gasteiger partial charge in [-0.2, -0.15) is 0 Å². The number of amides is 1. The van der Waals surface area contributed by atoms with Gasteiger partial charge in [0.1, 0.15) is 35.7 Å². The molecular weight excluding hydrogens is 446 g/mol. The van der Waals surface area contributed by atoms with Gasteiger partial charge < -0.3 is 23.9 Å². The SMILES string of the molecule is COCCCN1C(=O)C(=O)/C(=C(/O)c2ccc(OCc3cccc(C)c3)cc2)[C@H]1c1ccc(C)o1. The Labute approximate surface area is 204 Å². The summed E-state index contributed by atoms with van der Waals surface area (Å²) in [5.74, 6) is 0.0538. The molecule has 7 nitrogen and oxygen atoms in total. The smallest absolute Gasteiger partial charge is 0.295 e. The molecule has 182 valence electrons.